The van der Waals surface area contributed by atoms with Crippen molar-refractivity contribution >= 4 is 33.4 Å². The van der Waals surface area contributed by atoms with Crippen LogP contribution in [0.4, 0.5) is 0 Å². The highest BCUT2D eigenvalue weighted by atomic mass is 79.9. The molecule has 2 rings (SSSR count). The van der Waals surface area contributed by atoms with E-state index in [1.807, 2.05) is 24.1 Å². The van der Waals surface area contributed by atoms with Crippen LogP contribution in [0.1, 0.15) is 36.5 Å². The summed E-state index contributed by atoms with van der Waals surface area (Å²) in [7, 11) is 1.90. The molecule has 0 bridgehead atoms. The molecule has 0 atom stereocenters. The van der Waals surface area contributed by atoms with Crippen molar-refractivity contribution in [1.82, 2.24) is 9.80 Å². The maximum atomic E-state index is 12.6. The van der Waals surface area contributed by atoms with Gasteiger partial charge in [0.1, 0.15) is 0 Å². The SMILES string of the molecule is CCCN1CCC(N(C)C(=O)c2ccc(Br)c(Cl)c2)CC1. The van der Waals surface area contributed by atoms with Gasteiger partial charge >= 0.3 is 0 Å². The zero-order valence-corrected chi connectivity index (χ0v) is 15.0. The molecule has 0 unspecified atom stereocenters. The minimum Gasteiger partial charge on any atom is -0.339 e. The maximum Gasteiger partial charge on any atom is 0.253 e. The van der Waals surface area contributed by atoms with E-state index in [0.717, 1.165) is 36.9 Å². The number of benzene rings is 1. The quantitative estimate of drug-likeness (QED) is 0.795. The largest absolute Gasteiger partial charge is 0.339 e. The molecule has 1 aliphatic heterocycles. The molecule has 1 aliphatic rings. The van der Waals surface area contributed by atoms with Gasteiger partial charge in [0.2, 0.25) is 0 Å². The highest BCUT2D eigenvalue weighted by Gasteiger charge is 2.25. The maximum absolute atomic E-state index is 12.6. The lowest BCUT2D eigenvalue weighted by molar-refractivity contribution is 0.0642. The summed E-state index contributed by atoms with van der Waals surface area (Å²) in [6, 6.07) is 5.71. The van der Waals surface area contributed by atoms with E-state index < -0.39 is 0 Å². The Labute approximate surface area is 140 Å². The van der Waals surface area contributed by atoms with Gasteiger partial charge in [-0.25, -0.2) is 0 Å². The van der Waals surface area contributed by atoms with Crippen molar-refractivity contribution in [2.45, 2.75) is 32.2 Å². The van der Waals surface area contributed by atoms with Crippen LogP contribution >= 0.6 is 27.5 Å². The molecule has 1 fully saturated rings. The van der Waals surface area contributed by atoms with Gasteiger partial charge in [-0.1, -0.05) is 18.5 Å². The van der Waals surface area contributed by atoms with Crippen LogP contribution in [0, 0.1) is 0 Å². The molecule has 5 heteroatoms. The molecule has 116 valence electrons. The van der Waals surface area contributed by atoms with Crippen LogP contribution in [0.25, 0.3) is 0 Å². The Kier molecular flexibility index (Phi) is 6.08. The fourth-order valence-electron chi connectivity index (χ4n) is 2.85. The topological polar surface area (TPSA) is 23.6 Å². The third-order valence-corrected chi connectivity index (χ3v) is 5.36. The van der Waals surface area contributed by atoms with Crippen molar-refractivity contribution in [3.05, 3.63) is 33.3 Å². The highest BCUT2D eigenvalue weighted by molar-refractivity contribution is 9.10. The van der Waals surface area contributed by atoms with E-state index in [4.69, 9.17) is 11.6 Å². The Morgan fingerprint density at radius 2 is 2.10 bits per heavy atom. The van der Waals surface area contributed by atoms with Gasteiger partial charge in [-0.05, 0) is 59.9 Å². The second kappa shape index (κ2) is 7.61. The molecule has 0 aliphatic carbocycles. The summed E-state index contributed by atoms with van der Waals surface area (Å²) in [5.74, 6) is 0.0540. The van der Waals surface area contributed by atoms with Gasteiger partial charge in [0, 0.05) is 36.2 Å². The number of carbonyl (C=O) groups excluding carboxylic acids is 1. The lowest BCUT2D eigenvalue weighted by Gasteiger charge is -2.36. The van der Waals surface area contributed by atoms with Gasteiger partial charge in [-0.15, -0.1) is 0 Å². The van der Waals surface area contributed by atoms with Crippen LogP contribution in [-0.4, -0.2) is 48.4 Å². The molecule has 0 saturated carbocycles. The first-order valence-corrected chi connectivity index (χ1v) is 8.64. The number of halogens is 2. The summed E-state index contributed by atoms with van der Waals surface area (Å²) in [5.41, 5.74) is 0.654. The molecule has 0 spiro atoms. The molecule has 1 amide bonds. The van der Waals surface area contributed by atoms with E-state index in [1.165, 1.54) is 6.42 Å². The number of likely N-dealkylation sites (tertiary alicyclic amines) is 1. The average molecular weight is 374 g/mol. The van der Waals surface area contributed by atoms with Gasteiger partial charge in [-0.2, -0.15) is 0 Å². The Bertz CT molecular complexity index is 501. The average Bonchev–Trinajstić information content (AvgIpc) is 2.50. The Morgan fingerprint density at radius 1 is 1.43 bits per heavy atom. The number of hydrogen-bond donors (Lipinski definition) is 0. The van der Waals surface area contributed by atoms with E-state index >= 15 is 0 Å². The predicted octanol–water partition coefficient (Wildman–Crippen LogP) is 4.05. The molecular weight excluding hydrogens is 352 g/mol. The van der Waals surface area contributed by atoms with Crippen LogP contribution in [0.5, 0.6) is 0 Å². The van der Waals surface area contributed by atoms with Gasteiger partial charge < -0.3 is 9.80 Å². The van der Waals surface area contributed by atoms with E-state index in [9.17, 15) is 4.79 Å². The fourth-order valence-corrected chi connectivity index (χ4v) is 3.27. The number of rotatable bonds is 4. The molecule has 1 aromatic carbocycles. The fraction of sp³-hybridized carbons (Fsp3) is 0.562. The zero-order chi connectivity index (χ0) is 15.4. The first kappa shape index (κ1) is 16.8. The molecule has 0 radical (unpaired) electrons. The smallest absolute Gasteiger partial charge is 0.253 e. The van der Waals surface area contributed by atoms with Crippen LogP contribution < -0.4 is 0 Å². The first-order chi connectivity index (χ1) is 10.0. The van der Waals surface area contributed by atoms with Crippen molar-refractivity contribution in [3.8, 4) is 0 Å². The third kappa shape index (κ3) is 4.21. The summed E-state index contributed by atoms with van der Waals surface area (Å²) < 4.78 is 0.816. The first-order valence-electron chi connectivity index (χ1n) is 7.47. The number of hydrogen-bond acceptors (Lipinski definition) is 2. The standard InChI is InChI=1S/C16H22BrClN2O/c1-3-8-20-9-6-13(7-10-20)19(2)16(21)12-4-5-14(17)15(18)11-12/h4-5,11,13H,3,6-10H2,1-2H3. The monoisotopic (exact) mass is 372 g/mol. The van der Waals surface area contributed by atoms with E-state index in [-0.39, 0.29) is 5.91 Å². The Hall–Kier alpha value is -0.580. The van der Waals surface area contributed by atoms with Gasteiger partial charge in [0.05, 0.1) is 5.02 Å². The van der Waals surface area contributed by atoms with Crippen LogP contribution in [0.2, 0.25) is 5.02 Å². The lowest BCUT2D eigenvalue weighted by atomic mass is 10.0. The number of nitrogens with zero attached hydrogens (tertiary/aromatic N) is 2. The van der Waals surface area contributed by atoms with E-state index in [2.05, 4.69) is 27.8 Å². The predicted molar refractivity (Wildman–Crippen MR) is 91.0 cm³/mol. The van der Waals surface area contributed by atoms with Gasteiger partial charge in [-0.3, -0.25) is 4.79 Å². The number of carbonyl (C=O) groups is 1. The Balaban J connectivity index is 1.98. The molecule has 1 saturated heterocycles. The van der Waals surface area contributed by atoms with Crippen molar-refractivity contribution < 1.29 is 4.79 Å². The second-order valence-corrected chi connectivity index (χ2v) is 6.88. The van der Waals surface area contributed by atoms with Gasteiger partial charge in [0.15, 0.2) is 0 Å². The summed E-state index contributed by atoms with van der Waals surface area (Å²) in [5, 5.41) is 0.576. The normalized spacial score (nSPS) is 17.0. The zero-order valence-electron chi connectivity index (χ0n) is 12.6. The van der Waals surface area contributed by atoms with Crippen molar-refractivity contribution in [2.24, 2.45) is 0 Å². The molecular formula is C16H22BrClN2O. The van der Waals surface area contributed by atoms with E-state index in [0.29, 0.717) is 16.6 Å². The minimum atomic E-state index is 0.0540. The minimum absolute atomic E-state index is 0.0540. The van der Waals surface area contributed by atoms with Crippen LogP contribution in [0.15, 0.2) is 22.7 Å². The van der Waals surface area contributed by atoms with E-state index in [1.54, 1.807) is 6.07 Å². The third-order valence-electron chi connectivity index (χ3n) is 4.13. The summed E-state index contributed by atoms with van der Waals surface area (Å²) in [6.45, 7) is 5.53. The van der Waals surface area contributed by atoms with Crippen molar-refractivity contribution in [2.75, 3.05) is 26.7 Å². The molecule has 0 N–H and O–H groups in total. The summed E-state index contributed by atoms with van der Waals surface area (Å²) in [4.78, 5) is 16.9. The van der Waals surface area contributed by atoms with Crippen molar-refractivity contribution in [1.29, 1.82) is 0 Å². The number of piperidine rings is 1. The second-order valence-electron chi connectivity index (χ2n) is 5.62. The van der Waals surface area contributed by atoms with Gasteiger partial charge in [0.25, 0.3) is 5.91 Å². The highest BCUT2D eigenvalue weighted by Crippen LogP contribution is 2.25. The van der Waals surface area contributed by atoms with Crippen LogP contribution in [0.3, 0.4) is 0 Å². The molecule has 0 aromatic heterocycles. The molecule has 1 heterocycles. The Morgan fingerprint density at radius 3 is 2.67 bits per heavy atom. The summed E-state index contributed by atoms with van der Waals surface area (Å²) >= 11 is 9.43. The molecule has 1 aromatic rings. The number of amides is 1. The molecule has 3 nitrogen and oxygen atoms in total. The molecule has 21 heavy (non-hydrogen) atoms. The lowest BCUT2D eigenvalue weighted by Crippen LogP contribution is -2.45. The van der Waals surface area contributed by atoms with Crippen LogP contribution in [-0.2, 0) is 0 Å². The van der Waals surface area contributed by atoms with Crippen molar-refractivity contribution in [3.63, 3.8) is 0 Å². The summed E-state index contributed by atoms with van der Waals surface area (Å²) in [6.07, 6.45) is 3.29.